The summed E-state index contributed by atoms with van der Waals surface area (Å²) in [5.41, 5.74) is 0. The fourth-order valence-corrected chi connectivity index (χ4v) is 3.10. The predicted molar refractivity (Wildman–Crippen MR) is 79.3 cm³/mol. The van der Waals surface area contributed by atoms with Crippen LogP contribution >= 0.6 is 11.3 Å². The molecule has 0 aromatic carbocycles. The molecule has 0 atom stereocenters. The SMILES string of the molecule is CCN1CCC(CNC(=O)c2cnc(C(C)=O)s2)CC1. The summed E-state index contributed by atoms with van der Waals surface area (Å²) in [7, 11) is 0. The zero-order chi connectivity index (χ0) is 14.5. The van der Waals surface area contributed by atoms with E-state index in [-0.39, 0.29) is 11.7 Å². The highest BCUT2D eigenvalue weighted by atomic mass is 32.1. The van der Waals surface area contributed by atoms with Gasteiger partial charge in [-0.05, 0) is 38.4 Å². The average molecular weight is 295 g/mol. The lowest BCUT2D eigenvalue weighted by molar-refractivity contribution is 0.0940. The van der Waals surface area contributed by atoms with Crippen LogP contribution < -0.4 is 5.32 Å². The lowest BCUT2D eigenvalue weighted by atomic mass is 9.97. The summed E-state index contributed by atoms with van der Waals surface area (Å²) < 4.78 is 0. The van der Waals surface area contributed by atoms with Crippen molar-refractivity contribution >= 4 is 23.0 Å². The standard InChI is InChI=1S/C14H21N3O2S/c1-3-17-6-4-11(5-7-17)8-15-13(19)12-9-16-14(20-12)10(2)18/h9,11H,3-8H2,1-2H3,(H,15,19). The Labute approximate surface area is 123 Å². The minimum absolute atomic E-state index is 0.0963. The van der Waals surface area contributed by atoms with Crippen LogP contribution in [0.15, 0.2) is 6.20 Å². The van der Waals surface area contributed by atoms with Crippen LogP contribution in [0.25, 0.3) is 0 Å². The molecule has 6 heteroatoms. The molecule has 1 aliphatic rings. The molecule has 0 unspecified atom stereocenters. The van der Waals surface area contributed by atoms with Gasteiger partial charge in [-0.25, -0.2) is 4.98 Å². The van der Waals surface area contributed by atoms with E-state index in [4.69, 9.17) is 0 Å². The highest BCUT2D eigenvalue weighted by Gasteiger charge is 2.19. The second-order valence-electron chi connectivity index (χ2n) is 5.17. The van der Waals surface area contributed by atoms with Gasteiger partial charge in [-0.2, -0.15) is 0 Å². The molecule has 5 nitrogen and oxygen atoms in total. The predicted octanol–water partition coefficient (Wildman–Crippen LogP) is 1.81. The van der Waals surface area contributed by atoms with Crippen LogP contribution in [0.4, 0.5) is 0 Å². The maximum Gasteiger partial charge on any atom is 0.263 e. The number of aromatic nitrogens is 1. The Kier molecular flexibility index (Phi) is 5.25. The molecule has 0 spiro atoms. The first-order chi connectivity index (χ1) is 9.60. The fourth-order valence-electron chi connectivity index (χ4n) is 2.37. The topological polar surface area (TPSA) is 62.3 Å². The molecule has 1 aromatic heterocycles. The third-order valence-electron chi connectivity index (χ3n) is 3.74. The Morgan fingerprint density at radius 3 is 2.70 bits per heavy atom. The van der Waals surface area contributed by atoms with E-state index >= 15 is 0 Å². The third-order valence-corrected chi connectivity index (χ3v) is 4.83. The van der Waals surface area contributed by atoms with Crippen molar-refractivity contribution in [2.75, 3.05) is 26.2 Å². The molecule has 2 rings (SSSR count). The van der Waals surface area contributed by atoms with Crippen molar-refractivity contribution < 1.29 is 9.59 Å². The number of nitrogens with zero attached hydrogens (tertiary/aromatic N) is 2. The van der Waals surface area contributed by atoms with Crippen LogP contribution in [-0.2, 0) is 0 Å². The van der Waals surface area contributed by atoms with E-state index in [1.807, 2.05) is 0 Å². The molecule has 1 N–H and O–H groups in total. The summed E-state index contributed by atoms with van der Waals surface area (Å²) in [6.07, 6.45) is 3.75. The Hall–Kier alpha value is -1.27. The van der Waals surface area contributed by atoms with Crippen molar-refractivity contribution in [3.63, 3.8) is 0 Å². The van der Waals surface area contributed by atoms with E-state index in [1.54, 1.807) is 0 Å². The molecule has 110 valence electrons. The lowest BCUT2D eigenvalue weighted by Gasteiger charge is -2.30. The van der Waals surface area contributed by atoms with Crippen LogP contribution in [0.1, 0.15) is 46.2 Å². The van der Waals surface area contributed by atoms with Crippen molar-refractivity contribution in [1.82, 2.24) is 15.2 Å². The molecular weight excluding hydrogens is 274 g/mol. The van der Waals surface area contributed by atoms with E-state index in [1.165, 1.54) is 13.1 Å². The first kappa shape index (κ1) is 15.1. The number of Topliss-reactive ketones (excluding diaryl/α,β-unsaturated/α-hetero) is 1. The Morgan fingerprint density at radius 2 is 2.15 bits per heavy atom. The summed E-state index contributed by atoms with van der Waals surface area (Å²) in [5, 5.41) is 3.35. The molecule has 0 radical (unpaired) electrons. The number of rotatable bonds is 5. The monoisotopic (exact) mass is 295 g/mol. The van der Waals surface area contributed by atoms with E-state index in [0.29, 0.717) is 22.3 Å². The summed E-state index contributed by atoms with van der Waals surface area (Å²) >= 11 is 1.16. The molecule has 1 amide bonds. The van der Waals surface area contributed by atoms with Crippen LogP contribution in [-0.4, -0.2) is 47.8 Å². The first-order valence-electron chi connectivity index (χ1n) is 7.07. The number of ketones is 1. The Bertz CT molecular complexity index is 479. The Balaban J connectivity index is 1.79. The molecule has 2 heterocycles. The smallest absolute Gasteiger partial charge is 0.263 e. The lowest BCUT2D eigenvalue weighted by Crippen LogP contribution is -2.38. The number of thiazole rings is 1. The van der Waals surface area contributed by atoms with Crippen LogP contribution in [0, 0.1) is 5.92 Å². The first-order valence-corrected chi connectivity index (χ1v) is 7.89. The number of likely N-dealkylation sites (tertiary alicyclic amines) is 1. The van der Waals surface area contributed by atoms with Gasteiger partial charge in [0.2, 0.25) is 0 Å². The fraction of sp³-hybridized carbons (Fsp3) is 0.643. The second kappa shape index (κ2) is 6.95. The number of amides is 1. The molecule has 1 aliphatic heterocycles. The number of piperidine rings is 1. The van der Waals surface area contributed by atoms with Gasteiger partial charge in [-0.1, -0.05) is 6.92 Å². The third kappa shape index (κ3) is 3.86. The molecule has 0 bridgehead atoms. The summed E-state index contributed by atoms with van der Waals surface area (Å²) in [6, 6.07) is 0. The minimum Gasteiger partial charge on any atom is -0.351 e. The zero-order valence-corrected chi connectivity index (χ0v) is 12.8. The van der Waals surface area contributed by atoms with Crippen molar-refractivity contribution in [2.45, 2.75) is 26.7 Å². The van der Waals surface area contributed by atoms with E-state index in [9.17, 15) is 9.59 Å². The molecular formula is C14H21N3O2S. The van der Waals surface area contributed by atoms with Gasteiger partial charge in [0.25, 0.3) is 5.91 Å². The van der Waals surface area contributed by atoms with Crippen LogP contribution in [0.2, 0.25) is 0 Å². The highest BCUT2D eigenvalue weighted by Crippen LogP contribution is 2.17. The number of hydrogen-bond donors (Lipinski definition) is 1. The number of nitrogens with one attached hydrogen (secondary N) is 1. The highest BCUT2D eigenvalue weighted by molar-refractivity contribution is 7.15. The van der Waals surface area contributed by atoms with Gasteiger partial charge in [0.05, 0.1) is 6.20 Å². The van der Waals surface area contributed by atoms with Gasteiger partial charge < -0.3 is 10.2 Å². The van der Waals surface area contributed by atoms with Crippen molar-refractivity contribution in [3.8, 4) is 0 Å². The zero-order valence-electron chi connectivity index (χ0n) is 12.0. The van der Waals surface area contributed by atoms with Gasteiger partial charge in [0.1, 0.15) is 4.88 Å². The molecule has 1 fully saturated rings. The van der Waals surface area contributed by atoms with E-state index in [0.717, 1.165) is 43.8 Å². The Morgan fingerprint density at radius 1 is 1.45 bits per heavy atom. The van der Waals surface area contributed by atoms with Crippen molar-refractivity contribution in [2.24, 2.45) is 5.92 Å². The average Bonchev–Trinajstić information content (AvgIpc) is 2.95. The van der Waals surface area contributed by atoms with E-state index in [2.05, 4.69) is 22.1 Å². The molecule has 1 aromatic rings. The second-order valence-corrected chi connectivity index (χ2v) is 6.20. The maximum atomic E-state index is 12.0. The normalized spacial score (nSPS) is 17.1. The van der Waals surface area contributed by atoms with Gasteiger partial charge in [-0.15, -0.1) is 11.3 Å². The summed E-state index contributed by atoms with van der Waals surface area (Å²) in [5.74, 6) is 0.343. The quantitative estimate of drug-likeness (QED) is 0.842. The van der Waals surface area contributed by atoms with Gasteiger partial charge >= 0.3 is 0 Å². The summed E-state index contributed by atoms with van der Waals surface area (Å²) in [6.45, 7) is 7.69. The number of hydrogen-bond acceptors (Lipinski definition) is 5. The maximum absolute atomic E-state index is 12.0. The minimum atomic E-state index is -0.118. The van der Waals surface area contributed by atoms with Gasteiger partial charge in [0, 0.05) is 13.5 Å². The largest absolute Gasteiger partial charge is 0.351 e. The van der Waals surface area contributed by atoms with Gasteiger partial charge in [-0.3, -0.25) is 9.59 Å². The molecule has 20 heavy (non-hydrogen) atoms. The van der Waals surface area contributed by atoms with Crippen LogP contribution in [0.3, 0.4) is 0 Å². The molecule has 0 aliphatic carbocycles. The number of carbonyl (C=O) groups excluding carboxylic acids is 2. The molecule has 1 saturated heterocycles. The van der Waals surface area contributed by atoms with Crippen molar-refractivity contribution in [1.29, 1.82) is 0 Å². The van der Waals surface area contributed by atoms with Gasteiger partial charge in [0.15, 0.2) is 10.8 Å². The molecule has 0 saturated carbocycles. The van der Waals surface area contributed by atoms with Crippen LogP contribution in [0.5, 0.6) is 0 Å². The van der Waals surface area contributed by atoms with E-state index < -0.39 is 0 Å². The van der Waals surface area contributed by atoms with Crippen molar-refractivity contribution in [3.05, 3.63) is 16.1 Å². The number of carbonyl (C=O) groups is 2. The summed E-state index contributed by atoms with van der Waals surface area (Å²) in [4.78, 5) is 30.0.